The third kappa shape index (κ3) is 4.07. The van der Waals surface area contributed by atoms with Gasteiger partial charge in [-0.05, 0) is 48.4 Å². The van der Waals surface area contributed by atoms with E-state index in [1.54, 1.807) is 0 Å². The maximum Gasteiger partial charge on any atom is 0.251 e. The first-order chi connectivity index (χ1) is 9.82. The highest BCUT2D eigenvalue weighted by atomic mass is 16.1. The lowest BCUT2D eigenvalue weighted by molar-refractivity contribution is 0.0920. The van der Waals surface area contributed by atoms with Crippen LogP contribution < -0.4 is 10.6 Å². The zero-order chi connectivity index (χ0) is 15.5. The van der Waals surface area contributed by atoms with Crippen molar-refractivity contribution in [2.45, 2.75) is 46.0 Å². The molecule has 0 radical (unpaired) electrons. The zero-order valence-corrected chi connectivity index (χ0v) is 13.8. The highest BCUT2D eigenvalue weighted by Gasteiger charge is 2.28. The van der Waals surface area contributed by atoms with Gasteiger partial charge in [-0.15, -0.1) is 0 Å². The van der Waals surface area contributed by atoms with E-state index < -0.39 is 0 Å². The molecule has 1 fully saturated rings. The Morgan fingerprint density at radius 1 is 1.24 bits per heavy atom. The average molecular weight is 288 g/mol. The van der Waals surface area contributed by atoms with E-state index in [0.29, 0.717) is 0 Å². The Morgan fingerprint density at radius 3 is 2.48 bits per heavy atom. The molecule has 1 aliphatic heterocycles. The van der Waals surface area contributed by atoms with Crippen molar-refractivity contribution < 1.29 is 4.79 Å². The number of rotatable bonds is 3. The Morgan fingerprint density at radius 2 is 1.86 bits per heavy atom. The molecular weight excluding hydrogens is 260 g/mol. The molecule has 0 saturated carbocycles. The summed E-state index contributed by atoms with van der Waals surface area (Å²) in [6, 6.07) is 7.93. The molecule has 0 atom stereocenters. The van der Waals surface area contributed by atoms with Gasteiger partial charge in [-0.25, -0.2) is 0 Å². The van der Waals surface area contributed by atoms with E-state index in [2.05, 4.69) is 44.4 Å². The fourth-order valence-corrected chi connectivity index (χ4v) is 2.93. The number of benzene rings is 1. The van der Waals surface area contributed by atoms with E-state index >= 15 is 0 Å². The van der Waals surface area contributed by atoms with Crippen LogP contribution in [-0.4, -0.2) is 25.5 Å². The summed E-state index contributed by atoms with van der Waals surface area (Å²) in [6.45, 7) is 11.6. The van der Waals surface area contributed by atoms with Gasteiger partial charge in [0.1, 0.15) is 0 Å². The zero-order valence-electron chi connectivity index (χ0n) is 13.8. The van der Waals surface area contributed by atoms with Gasteiger partial charge in [-0.2, -0.15) is 0 Å². The van der Waals surface area contributed by atoms with Crippen molar-refractivity contribution in [1.82, 2.24) is 10.6 Å². The Balaban J connectivity index is 2.07. The van der Waals surface area contributed by atoms with Crippen LogP contribution in [0.5, 0.6) is 0 Å². The second kappa shape index (κ2) is 6.18. The van der Waals surface area contributed by atoms with E-state index in [1.165, 1.54) is 0 Å². The number of carbonyl (C=O) groups is 1. The third-order valence-corrected chi connectivity index (χ3v) is 4.47. The van der Waals surface area contributed by atoms with Gasteiger partial charge in [0.25, 0.3) is 5.91 Å². The molecule has 3 nitrogen and oxygen atoms in total. The maximum absolute atomic E-state index is 12.6. The second-order valence-electron chi connectivity index (χ2n) is 7.54. The van der Waals surface area contributed by atoms with E-state index in [4.69, 9.17) is 0 Å². The Bertz CT molecular complexity index is 496. The summed E-state index contributed by atoms with van der Waals surface area (Å²) < 4.78 is 0. The van der Waals surface area contributed by atoms with Crippen LogP contribution >= 0.6 is 0 Å². The number of piperidine rings is 1. The minimum Gasteiger partial charge on any atom is -0.351 e. The summed E-state index contributed by atoms with van der Waals surface area (Å²) in [5.41, 5.74) is 2.12. The van der Waals surface area contributed by atoms with Crippen molar-refractivity contribution in [3.05, 3.63) is 35.4 Å². The van der Waals surface area contributed by atoms with Crippen molar-refractivity contribution in [3.8, 4) is 0 Å². The molecule has 2 rings (SSSR count). The van der Waals surface area contributed by atoms with E-state index in [1.807, 2.05) is 18.2 Å². The summed E-state index contributed by atoms with van der Waals surface area (Å²) >= 11 is 0. The second-order valence-corrected chi connectivity index (χ2v) is 7.54. The Labute approximate surface area is 128 Å². The topological polar surface area (TPSA) is 41.1 Å². The molecule has 1 heterocycles. The van der Waals surface area contributed by atoms with Crippen LogP contribution in [-0.2, 0) is 5.41 Å². The van der Waals surface area contributed by atoms with Gasteiger partial charge < -0.3 is 10.6 Å². The molecule has 0 bridgehead atoms. The molecule has 1 aromatic rings. The van der Waals surface area contributed by atoms with Crippen molar-refractivity contribution in [1.29, 1.82) is 0 Å². The summed E-state index contributed by atoms with van der Waals surface area (Å²) in [4.78, 5) is 12.6. The lowest BCUT2D eigenvalue weighted by Crippen LogP contribution is -2.43. The van der Waals surface area contributed by atoms with Crippen LogP contribution in [0.4, 0.5) is 0 Å². The van der Waals surface area contributed by atoms with Crippen LogP contribution in [0.2, 0.25) is 0 Å². The number of nitrogens with one attached hydrogen (secondary N) is 2. The number of hydrogen-bond donors (Lipinski definition) is 2. The van der Waals surface area contributed by atoms with Gasteiger partial charge in [0, 0.05) is 12.1 Å². The van der Waals surface area contributed by atoms with Crippen LogP contribution in [0.25, 0.3) is 0 Å². The molecule has 1 saturated heterocycles. The molecular formula is C18H28N2O. The van der Waals surface area contributed by atoms with Crippen LogP contribution in [0, 0.1) is 5.41 Å². The predicted molar refractivity (Wildman–Crippen MR) is 87.7 cm³/mol. The molecule has 0 spiro atoms. The van der Waals surface area contributed by atoms with Crippen LogP contribution in [0.15, 0.2) is 24.3 Å². The molecule has 0 aliphatic carbocycles. The first-order valence-corrected chi connectivity index (χ1v) is 7.90. The molecule has 1 aliphatic rings. The van der Waals surface area contributed by atoms with Crippen LogP contribution in [0.3, 0.4) is 0 Å². The smallest absolute Gasteiger partial charge is 0.251 e. The van der Waals surface area contributed by atoms with E-state index in [-0.39, 0.29) is 16.7 Å². The highest BCUT2D eigenvalue weighted by molar-refractivity contribution is 5.96. The SMILES string of the molecule is CC1(CNC(=O)c2ccccc2C(C)(C)C)CCNCC1. The lowest BCUT2D eigenvalue weighted by Gasteiger charge is -2.34. The fraction of sp³-hybridized carbons (Fsp3) is 0.611. The molecule has 116 valence electrons. The average Bonchev–Trinajstić information content (AvgIpc) is 2.45. The Kier molecular flexibility index (Phi) is 4.72. The molecule has 0 aromatic heterocycles. The first-order valence-electron chi connectivity index (χ1n) is 7.90. The van der Waals surface area contributed by atoms with Crippen molar-refractivity contribution in [2.75, 3.05) is 19.6 Å². The predicted octanol–water partition coefficient (Wildman–Crippen LogP) is 3.10. The number of hydrogen-bond acceptors (Lipinski definition) is 2. The third-order valence-electron chi connectivity index (χ3n) is 4.47. The fourth-order valence-electron chi connectivity index (χ4n) is 2.93. The normalized spacial score (nSPS) is 18.3. The molecule has 1 aromatic carbocycles. The van der Waals surface area contributed by atoms with E-state index in [9.17, 15) is 4.79 Å². The minimum atomic E-state index is -0.0212. The largest absolute Gasteiger partial charge is 0.351 e. The van der Waals surface area contributed by atoms with Gasteiger partial charge >= 0.3 is 0 Å². The summed E-state index contributed by atoms with van der Waals surface area (Å²) in [7, 11) is 0. The molecule has 1 amide bonds. The Hall–Kier alpha value is -1.35. The van der Waals surface area contributed by atoms with Crippen molar-refractivity contribution >= 4 is 5.91 Å². The first kappa shape index (κ1) is 16.0. The maximum atomic E-state index is 12.6. The monoisotopic (exact) mass is 288 g/mol. The quantitative estimate of drug-likeness (QED) is 0.897. The molecule has 2 N–H and O–H groups in total. The highest BCUT2D eigenvalue weighted by Crippen LogP contribution is 2.28. The summed E-state index contributed by atoms with van der Waals surface area (Å²) in [5.74, 6) is 0.0558. The van der Waals surface area contributed by atoms with Crippen molar-refractivity contribution in [3.63, 3.8) is 0 Å². The number of carbonyl (C=O) groups excluding carboxylic acids is 1. The van der Waals surface area contributed by atoms with Crippen molar-refractivity contribution in [2.24, 2.45) is 5.41 Å². The summed E-state index contributed by atoms with van der Waals surface area (Å²) in [6.07, 6.45) is 2.24. The minimum absolute atomic E-state index is 0.0212. The lowest BCUT2D eigenvalue weighted by atomic mass is 9.80. The standard InChI is InChI=1S/C18H28N2O/c1-17(2,3)15-8-6-5-7-14(15)16(21)20-13-18(4)9-11-19-12-10-18/h5-8,19H,9-13H2,1-4H3,(H,20,21). The van der Waals surface area contributed by atoms with Gasteiger partial charge in [-0.3, -0.25) is 4.79 Å². The van der Waals surface area contributed by atoms with Gasteiger partial charge in [0.05, 0.1) is 0 Å². The van der Waals surface area contributed by atoms with Gasteiger partial charge in [-0.1, -0.05) is 45.9 Å². The molecule has 3 heteroatoms. The van der Waals surface area contributed by atoms with E-state index in [0.717, 1.165) is 43.6 Å². The molecule has 21 heavy (non-hydrogen) atoms. The van der Waals surface area contributed by atoms with Gasteiger partial charge in [0.2, 0.25) is 0 Å². The summed E-state index contributed by atoms with van der Waals surface area (Å²) in [5, 5.41) is 6.53. The number of amides is 1. The van der Waals surface area contributed by atoms with Gasteiger partial charge in [0.15, 0.2) is 0 Å². The van der Waals surface area contributed by atoms with Crippen LogP contribution in [0.1, 0.15) is 56.5 Å². The molecule has 0 unspecified atom stereocenters.